The highest BCUT2D eigenvalue weighted by Crippen LogP contribution is 2.17. The first-order chi connectivity index (χ1) is 12.8. The molecule has 0 atom stereocenters. The first kappa shape index (κ1) is 16.1. The van der Waals surface area contributed by atoms with Crippen molar-refractivity contribution in [3.05, 3.63) is 106 Å². The maximum atomic E-state index is 12.4. The van der Waals surface area contributed by atoms with Crippen LogP contribution in [0.4, 0.5) is 0 Å². The van der Waals surface area contributed by atoms with E-state index in [1.165, 1.54) is 0 Å². The Balaban J connectivity index is 1.67. The lowest BCUT2D eigenvalue weighted by Gasteiger charge is -2.11. The zero-order chi connectivity index (χ0) is 17.8. The highest BCUT2D eigenvalue weighted by Gasteiger charge is 2.07. The summed E-state index contributed by atoms with van der Waals surface area (Å²) in [5, 5.41) is 0.910. The monoisotopic (exact) mass is 342 g/mol. The van der Waals surface area contributed by atoms with E-state index in [4.69, 9.17) is 4.74 Å². The fourth-order valence-corrected chi connectivity index (χ4v) is 2.87. The van der Waals surface area contributed by atoms with Gasteiger partial charge in [-0.05, 0) is 23.3 Å². The van der Waals surface area contributed by atoms with E-state index in [0.717, 1.165) is 16.5 Å². The largest absolute Gasteiger partial charge is 0.473 e. The Hall–Kier alpha value is -3.40. The molecular formula is C22H18N2O2. The molecule has 4 aromatic rings. The Kier molecular flexibility index (Phi) is 4.48. The molecule has 0 saturated heterocycles. The van der Waals surface area contributed by atoms with Crippen LogP contribution < -0.4 is 10.3 Å². The van der Waals surface area contributed by atoms with Crippen molar-refractivity contribution in [2.75, 3.05) is 0 Å². The third-order valence-electron chi connectivity index (χ3n) is 4.22. The number of pyridine rings is 2. The molecule has 2 aromatic carbocycles. The van der Waals surface area contributed by atoms with Crippen molar-refractivity contribution in [1.29, 1.82) is 0 Å². The molecule has 0 aliphatic heterocycles. The summed E-state index contributed by atoms with van der Waals surface area (Å²) in [4.78, 5) is 17.0. The van der Waals surface area contributed by atoms with Crippen molar-refractivity contribution in [3.63, 3.8) is 0 Å². The highest BCUT2D eigenvalue weighted by atomic mass is 16.5. The molecule has 0 fully saturated rings. The van der Waals surface area contributed by atoms with Gasteiger partial charge in [-0.1, -0.05) is 60.7 Å². The van der Waals surface area contributed by atoms with Crippen LogP contribution in [0, 0.1) is 0 Å². The third kappa shape index (κ3) is 3.49. The molecule has 0 N–H and O–H groups in total. The number of hydrogen-bond acceptors (Lipinski definition) is 3. The summed E-state index contributed by atoms with van der Waals surface area (Å²) >= 11 is 0. The number of fused-ring (bicyclic) bond motifs is 1. The van der Waals surface area contributed by atoms with E-state index in [1.54, 1.807) is 16.7 Å². The lowest BCUT2D eigenvalue weighted by atomic mass is 10.2. The van der Waals surface area contributed by atoms with Crippen LogP contribution in [0.1, 0.15) is 11.1 Å². The quantitative estimate of drug-likeness (QED) is 0.550. The van der Waals surface area contributed by atoms with Crippen LogP contribution in [0.25, 0.3) is 11.0 Å². The highest BCUT2D eigenvalue weighted by molar-refractivity contribution is 5.75. The van der Waals surface area contributed by atoms with E-state index in [-0.39, 0.29) is 5.56 Å². The molecule has 0 bridgehead atoms. The number of hydrogen-bond donors (Lipinski definition) is 0. The van der Waals surface area contributed by atoms with Gasteiger partial charge in [0.25, 0.3) is 5.56 Å². The molecule has 0 spiro atoms. The van der Waals surface area contributed by atoms with Crippen LogP contribution in [0.2, 0.25) is 0 Å². The molecule has 26 heavy (non-hydrogen) atoms. The molecule has 0 unspecified atom stereocenters. The fraction of sp³-hybridized carbons (Fsp3) is 0.0909. The van der Waals surface area contributed by atoms with E-state index in [1.807, 2.05) is 72.8 Å². The minimum atomic E-state index is -0.0749. The van der Waals surface area contributed by atoms with Gasteiger partial charge in [-0.2, -0.15) is 4.98 Å². The average molecular weight is 342 g/mol. The molecule has 0 radical (unpaired) electrons. The van der Waals surface area contributed by atoms with Gasteiger partial charge in [0.05, 0.1) is 6.54 Å². The molecule has 0 aliphatic carbocycles. The van der Waals surface area contributed by atoms with Gasteiger partial charge in [0, 0.05) is 17.5 Å². The van der Waals surface area contributed by atoms with Gasteiger partial charge in [0.15, 0.2) is 0 Å². The van der Waals surface area contributed by atoms with Crippen molar-refractivity contribution >= 4 is 11.0 Å². The van der Waals surface area contributed by atoms with E-state index < -0.39 is 0 Å². The second-order valence-electron chi connectivity index (χ2n) is 6.08. The van der Waals surface area contributed by atoms with Crippen molar-refractivity contribution in [2.45, 2.75) is 13.2 Å². The van der Waals surface area contributed by atoms with Crippen LogP contribution in [0.5, 0.6) is 5.88 Å². The SMILES string of the molecule is O=c1ccc2ccc(OCc3ccccc3)nc2n1Cc1ccccc1. The van der Waals surface area contributed by atoms with Crippen molar-refractivity contribution in [3.8, 4) is 5.88 Å². The summed E-state index contributed by atoms with van der Waals surface area (Å²) in [6, 6.07) is 27.0. The van der Waals surface area contributed by atoms with Crippen LogP contribution in [-0.2, 0) is 13.2 Å². The van der Waals surface area contributed by atoms with E-state index in [9.17, 15) is 4.79 Å². The normalized spacial score (nSPS) is 10.8. The summed E-state index contributed by atoms with van der Waals surface area (Å²) in [5.74, 6) is 0.508. The molecule has 2 aromatic heterocycles. The number of ether oxygens (including phenoxy) is 1. The smallest absolute Gasteiger partial charge is 0.252 e. The molecule has 128 valence electrons. The maximum Gasteiger partial charge on any atom is 0.252 e. The molecule has 0 amide bonds. The molecule has 0 saturated carbocycles. The number of aromatic nitrogens is 2. The maximum absolute atomic E-state index is 12.4. The number of benzene rings is 2. The fourth-order valence-electron chi connectivity index (χ4n) is 2.87. The van der Waals surface area contributed by atoms with Gasteiger partial charge in [0.1, 0.15) is 12.3 Å². The van der Waals surface area contributed by atoms with Gasteiger partial charge in [-0.15, -0.1) is 0 Å². The Morgan fingerprint density at radius 3 is 2.15 bits per heavy atom. The van der Waals surface area contributed by atoms with E-state index in [0.29, 0.717) is 24.7 Å². The van der Waals surface area contributed by atoms with Crippen LogP contribution in [0.15, 0.2) is 89.7 Å². The van der Waals surface area contributed by atoms with Crippen LogP contribution in [-0.4, -0.2) is 9.55 Å². The minimum absolute atomic E-state index is 0.0749. The Labute approximate surface area is 151 Å². The Morgan fingerprint density at radius 1 is 0.769 bits per heavy atom. The summed E-state index contributed by atoms with van der Waals surface area (Å²) in [5.41, 5.74) is 2.68. The second kappa shape index (κ2) is 7.23. The standard InChI is InChI=1S/C22H18N2O2/c25-21-14-12-19-11-13-20(26-16-18-9-5-2-6-10-18)23-22(19)24(21)15-17-7-3-1-4-8-17/h1-14H,15-16H2. The van der Waals surface area contributed by atoms with E-state index in [2.05, 4.69) is 4.98 Å². The first-order valence-corrected chi connectivity index (χ1v) is 8.51. The number of rotatable bonds is 5. The average Bonchev–Trinajstić information content (AvgIpc) is 2.70. The summed E-state index contributed by atoms with van der Waals surface area (Å²) in [7, 11) is 0. The summed E-state index contributed by atoms with van der Waals surface area (Å²) in [6.45, 7) is 0.918. The Morgan fingerprint density at radius 2 is 1.42 bits per heavy atom. The van der Waals surface area contributed by atoms with Crippen molar-refractivity contribution < 1.29 is 4.74 Å². The minimum Gasteiger partial charge on any atom is -0.473 e. The predicted molar refractivity (Wildman–Crippen MR) is 102 cm³/mol. The molecule has 0 aliphatic rings. The predicted octanol–water partition coefficient (Wildman–Crippen LogP) is 4.02. The second-order valence-corrected chi connectivity index (χ2v) is 6.08. The molecule has 4 nitrogen and oxygen atoms in total. The zero-order valence-corrected chi connectivity index (χ0v) is 14.2. The molecular weight excluding hydrogens is 324 g/mol. The lowest BCUT2D eigenvalue weighted by molar-refractivity contribution is 0.294. The zero-order valence-electron chi connectivity index (χ0n) is 14.2. The van der Waals surface area contributed by atoms with Crippen LogP contribution >= 0.6 is 0 Å². The van der Waals surface area contributed by atoms with Gasteiger partial charge in [-0.25, -0.2) is 0 Å². The Bertz CT molecular complexity index is 1070. The van der Waals surface area contributed by atoms with Crippen LogP contribution in [0.3, 0.4) is 0 Å². The van der Waals surface area contributed by atoms with Gasteiger partial charge in [0.2, 0.25) is 5.88 Å². The molecule has 2 heterocycles. The molecule has 4 heteroatoms. The van der Waals surface area contributed by atoms with Gasteiger partial charge in [-0.3, -0.25) is 9.36 Å². The van der Waals surface area contributed by atoms with Crippen molar-refractivity contribution in [2.24, 2.45) is 0 Å². The first-order valence-electron chi connectivity index (χ1n) is 8.51. The van der Waals surface area contributed by atoms with E-state index >= 15 is 0 Å². The summed E-state index contributed by atoms with van der Waals surface area (Å²) in [6.07, 6.45) is 0. The molecule has 4 rings (SSSR count). The third-order valence-corrected chi connectivity index (χ3v) is 4.22. The number of nitrogens with zero attached hydrogens (tertiary/aromatic N) is 2. The lowest BCUT2D eigenvalue weighted by Crippen LogP contribution is -2.20. The topological polar surface area (TPSA) is 44.1 Å². The van der Waals surface area contributed by atoms with Gasteiger partial charge >= 0.3 is 0 Å². The van der Waals surface area contributed by atoms with Gasteiger partial charge < -0.3 is 4.74 Å². The summed E-state index contributed by atoms with van der Waals surface area (Å²) < 4.78 is 7.50. The van der Waals surface area contributed by atoms with Crippen molar-refractivity contribution in [1.82, 2.24) is 9.55 Å².